The van der Waals surface area contributed by atoms with Crippen molar-refractivity contribution in [3.8, 4) is 5.75 Å². The van der Waals surface area contributed by atoms with Gasteiger partial charge in [-0.3, -0.25) is 20.4 Å². The van der Waals surface area contributed by atoms with Crippen molar-refractivity contribution in [1.82, 2.24) is 10.9 Å². The van der Waals surface area contributed by atoms with E-state index < -0.39 is 29.6 Å². The summed E-state index contributed by atoms with van der Waals surface area (Å²) in [4.78, 5) is 23.9. The Balaban J connectivity index is 1.81. The van der Waals surface area contributed by atoms with Gasteiger partial charge in [0, 0.05) is 4.90 Å². The van der Waals surface area contributed by atoms with Crippen molar-refractivity contribution in [3.05, 3.63) is 59.2 Å². The van der Waals surface area contributed by atoms with Crippen LogP contribution >= 0.6 is 11.8 Å². The highest BCUT2D eigenvalue weighted by Gasteiger charge is 2.17. The zero-order valence-corrected chi connectivity index (χ0v) is 16.0. The lowest BCUT2D eigenvalue weighted by Gasteiger charge is -2.17. The molecule has 2 amide bonds. The number of ether oxygens (including phenoxy) is 1. The zero-order chi connectivity index (χ0) is 20.0. The van der Waals surface area contributed by atoms with Gasteiger partial charge in [0.2, 0.25) is 5.91 Å². The van der Waals surface area contributed by atoms with Crippen molar-refractivity contribution in [3.63, 3.8) is 0 Å². The fourth-order valence-electron chi connectivity index (χ4n) is 2.10. The third-order valence-electron chi connectivity index (χ3n) is 3.81. The molecule has 0 aliphatic carbocycles. The number of rotatable bonds is 6. The number of hydrazine groups is 1. The monoisotopic (exact) mass is 394 g/mol. The van der Waals surface area contributed by atoms with Crippen molar-refractivity contribution in [2.24, 2.45) is 0 Å². The summed E-state index contributed by atoms with van der Waals surface area (Å²) in [6.07, 6.45) is -0.834. The van der Waals surface area contributed by atoms with E-state index in [2.05, 4.69) is 10.9 Å². The first-order valence-corrected chi connectivity index (χ1v) is 9.16. The predicted octanol–water partition coefficient (Wildman–Crippen LogP) is 3.29. The maximum atomic E-state index is 13.5. The van der Waals surface area contributed by atoms with Gasteiger partial charge in [0.25, 0.3) is 5.91 Å². The van der Waals surface area contributed by atoms with Crippen molar-refractivity contribution in [2.45, 2.75) is 31.8 Å². The molecule has 0 spiro atoms. The van der Waals surface area contributed by atoms with E-state index in [-0.39, 0.29) is 10.6 Å². The average molecular weight is 394 g/mol. The molecule has 2 N–H and O–H groups in total. The number of hydrogen-bond acceptors (Lipinski definition) is 4. The van der Waals surface area contributed by atoms with Gasteiger partial charge in [-0.25, -0.2) is 8.78 Å². The lowest BCUT2D eigenvalue weighted by Crippen LogP contribution is -2.47. The third-order valence-corrected chi connectivity index (χ3v) is 4.84. The minimum absolute atomic E-state index is 0.0168. The van der Waals surface area contributed by atoms with Crippen LogP contribution in [0.1, 0.15) is 18.1 Å². The molecule has 0 saturated carbocycles. The molecular formula is C19H20F2N2O3S. The van der Waals surface area contributed by atoms with E-state index in [1.54, 1.807) is 13.0 Å². The van der Waals surface area contributed by atoms with Crippen LogP contribution in [0.25, 0.3) is 0 Å². The number of benzene rings is 2. The third kappa shape index (κ3) is 5.96. The van der Waals surface area contributed by atoms with Gasteiger partial charge < -0.3 is 4.74 Å². The second kappa shape index (κ2) is 9.36. The van der Waals surface area contributed by atoms with Crippen molar-refractivity contribution in [2.75, 3.05) is 5.75 Å². The van der Waals surface area contributed by atoms with Crippen LogP contribution in [0.15, 0.2) is 41.3 Å². The molecule has 5 nitrogen and oxygen atoms in total. The topological polar surface area (TPSA) is 67.4 Å². The van der Waals surface area contributed by atoms with E-state index in [1.165, 1.54) is 0 Å². The van der Waals surface area contributed by atoms with Gasteiger partial charge in [0.15, 0.2) is 6.10 Å². The SMILES string of the molecule is Cc1cccc(O[C@@H](C)C(=O)NNC(=O)CSc2cc(F)ccc2F)c1C. The molecular weight excluding hydrogens is 374 g/mol. The Kier molecular flexibility index (Phi) is 7.18. The smallest absolute Gasteiger partial charge is 0.279 e. The number of amides is 2. The van der Waals surface area contributed by atoms with Gasteiger partial charge in [-0.2, -0.15) is 0 Å². The van der Waals surface area contributed by atoms with Crippen LogP contribution in [0.2, 0.25) is 0 Å². The fraction of sp³-hybridized carbons (Fsp3) is 0.263. The molecule has 2 rings (SSSR count). The molecule has 1 atom stereocenters. The molecule has 2 aromatic carbocycles. The molecule has 2 aromatic rings. The number of nitrogens with one attached hydrogen (secondary N) is 2. The van der Waals surface area contributed by atoms with E-state index in [4.69, 9.17) is 4.74 Å². The second-order valence-corrected chi connectivity index (χ2v) is 6.88. The first-order chi connectivity index (χ1) is 12.8. The molecule has 0 aromatic heterocycles. The molecule has 0 aliphatic heterocycles. The van der Waals surface area contributed by atoms with Crippen molar-refractivity contribution < 1.29 is 23.1 Å². The van der Waals surface area contributed by atoms with E-state index >= 15 is 0 Å². The normalized spacial score (nSPS) is 11.6. The molecule has 0 unspecified atom stereocenters. The number of halogens is 2. The van der Waals surface area contributed by atoms with Gasteiger partial charge in [-0.1, -0.05) is 12.1 Å². The number of aryl methyl sites for hydroxylation is 1. The first kappa shape index (κ1) is 20.7. The number of hydrogen-bond donors (Lipinski definition) is 2. The summed E-state index contributed by atoms with van der Waals surface area (Å²) < 4.78 is 32.2. The molecule has 0 fully saturated rings. The summed E-state index contributed by atoms with van der Waals surface area (Å²) in [6, 6.07) is 8.51. The predicted molar refractivity (Wildman–Crippen MR) is 99.4 cm³/mol. The Bertz CT molecular complexity index is 846. The molecule has 0 heterocycles. The van der Waals surface area contributed by atoms with Gasteiger partial charge in [0.05, 0.1) is 5.75 Å². The number of carbonyl (C=O) groups excluding carboxylic acids is 2. The zero-order valence-electron chi connectivity index (χ0n) is 15.1. The highest BCUT2D eigenvalue weighted by molar-refractivity contribution is 8.00. The standard InChI is InChI=1S/C19H20F2N2O3S/c1-11-5-4-6-16(12(11)2)26-13(3)19(25)23-22-18(24)10-27-17-9-14(20)7-8-15(17)21/h4-9,13H,10H2,1-3H3,(H,22,24)(H,23,25)/t13-/m0/s1. The quantitative estimate of drug-likeness (QED) is 0.583. The fourth-order valence-corrected chi connectivity index (χ4v) is 2.86. The van der Waals surface area contributed by atoms with Gasteiger partial charge >= 0.3 is 0 Å². The van der Waals surface area contributed by atoms with E-state index in [9.17, 15) is 18.4 Å². The lowest BCUT2D eigenvalue weighted by atomic mass is 10.1. The molecule has 0 bridgehead atoms. The maximum Gasteiger partial charge on any atom is 0.279 e. The summed E-state index contributed by atoms with van der Waals surface area (Å²) in [5.41, 5.74) is 6.44. The van der Waals surface area contributed by atoms with Crippen LogP contribution in [0.4, 0.5) is 8.78 Å². The van der Waals surface area contributed by atoms with Crippen LogP contribution in [0, 0.1) is 25.5 Å². The number of thioether (sulfide) groups is 1. The van der Waals surface area contributed by atoms with E-state index in [0.717, 1.165) is 41.1 Å². The first-order valence-electron chi connectivity index (χ1n) is 8.17. The Labute approximate surface area is 160 Å². The molecule has 27 heavy (non-hydrogen) atoms. The van der Waals surface area contributed by atoms with Crippen LogP contribution in [-0.2, 0) is 9.59 Å². The molecule has 8 heteroatoms. The molecule has 0 aliphatic rings. The summed E-state index contributed by atoms with van der Waals surface area (Å²) in [5, 5.41) is 0. The van der Waals surface area contributed by atoms with E-state index in [0.29, 0.717) is 5.75 Å². The minimum atomic E-state index is -0.834. The van der Waals surface area contributed by atoms with Gasteiger partial charge in [0.1, 0.15) is 17.4 Å². The highest BCUT2D eigenvalue weighted by atomic mass is 32.2. The Morgan fingerprint density at radius 1 is 1.15 bits per heavy atom. The van der Waals surface area contributed by atoms with Gasteiger partial charge in [-0.15, -0.1) is 11.8 Å². The minimum Gasteiger partial charge on any atom is -0.481 e. The summed E-state index contributed by atoms with van der Waals surface area (Å²) in [7, 11) is 0. The van der Waals surface area contributed by atoms with Gasteiger partial charge in [-0.05, 0) is 56.2 Å². The Morgan fingerprint density at radius 3 is 2.63 bits per heavy atom. The highest BCUT2D eigenvalue weighted by Crippen LogP contribution is 2.23. The average Bonchev–Trinajstić information content (AvgIpc) is 2.64. The molecule has 0 saturated heterocycles. The van der Waals surface area contributed by atoms with Crippen molar-refractivity contribution in [1.29, 1.82) is 0 Å². The van der Waals surface area contributed by atoms with E-state index in [1.807, 2.05) is 26.0 Å². The molecule has 144 valence electrons. The Morgan fingerprint density at radius 2 is 1.89 bits per heavy atom. The van der Waals surface area contributed by atoms with Crippen molar-refractivity contribution >= 4 is 23.6 Å². The number of carbonyl (C=O) groups is 2. The Hall–Kier alpha value is -2.61. The van der Waals surface area contributed by atoms with Crippen LogP contribution in [0.5, 0.6) is 5.75 Å². The van der Waals surface area contributed by atoms with Crippen LogP contribution in [-0.4, -0.2) is 23.7 Å². The maximum absolute atomic E-state index is 13.5. The summed E-state index contributed by atoms with van der Waals surface area (Å²) in [5.74, 6) is -1.91. The summed E-state index contributed by atoms with van der Waals surface area (Å²) >= 11 is 0.826. The summed E-state index contributed by atoms with van der Waals surface area (Å²) in [6.45, 7) is 5.38. The largest absolute Gasteiger partial charge is 0.481 e. The van der Waals surface area contributed by atoms with Crippen LogP contribution in [0.3, 0.4) is 0 Å². The van der Waals surface area contributed by atoms with Crippen LogP contribution < -0.4 is 15.6 Å². The lowest BCUT2D eigenvalue weighted by molar-refractivity contribution is -0.131. The second-order valence-electron chi connectivity index (χ2n) is 5.86. The molecule has 0 radical (unpaired) electrons.